The molecule has 0 spiro atoms. The zero-order valence-corrected chi connectivity index (χ0v) is 16.2. The fraction of sp³-hybridized carbons (Fsp3) is 0.316. The van der Waals surface area contributed by atoms with Gasteiger partial charge in [-0.05, 0) is 49.4 Å². The molecule has 0 unspecified atom stereocenters. The molecule has 1 heterocycles. The molecule has 138 valence electrons. The van der Waals surface area contributed by atoms with Crippen LogP contribution < -0.4 is 5.32 Å². The Morgan fingerprint density at radius 1 is 1.41 bits per heavy atom. The van der Waals surface area contributed by atoms with Crippen molar-refractivity contribution >= 4 is 33.8 Å². The summed E-state index contributed by atoms with van der Waals surface area (Å²) in [6.07, 6.45) is 1.09. The number of rotatable bonds is 6. The lowest BCUT2D eigenvalue weighted by Gasteiger charge is -2.06. The second-order valence-electron chi connectivity index (χ2n) is 5.74. The van der Waals surface area contributed by atoms with Gasteiger partial charge in [-0.3, -0.25) is 0 Å². The van der Waals surface area contributed by atoms with E-state index in [1.807, 2.05) is 25.1 Å². The molecular formula is C19H19N5O2S. The van der Waals surface area contributed by atoms with Crippen molar-refractivity contribution in [2.24, 2.45) is 10.2 Å². The molecule has 2 rings (SSSR count). The molecule has 0 aliphatic rings. The van der Waals surface area contributed by atoms with E-state index in [2.05, 4.69) is 26.5 Å². The summed E-state index contributed by atoms with van der Waals surface area (Å²) in [6.45, 7) is 11.3. The lowest BCUT2D eigenvalue weighted by atomic mass is 10.1. The first-order valence-electron chi connectivity index (χ1n) is 8.26. The first kappa shape index (κ1) is 20.1. The highest BCUT2D eigenvalue weighted by molar-refractivity contribution is 7.17. The van der Waals surface area contributed by atoms with Crippen molar-refractivity contribution in [3.05, 3.63) is 51.2 Å². The fourth-order valence-electron chi connectivity index (χ4n) is 2.39. The van der Waals surface area contributed by atoms with Crippen molar-refractivity contribution in [1.29, 1.82) is 5.26 Å². The first-order chi connectivity index (χ1) is 13.0. The summed E-state index contributed by atoms with van der Waals surface area (Å²) in [4.78, 5) is 15.0. The maximum absolute atomic E-state index is 11.0. The third-order valence-electron chi connectivity index (χ3n) is 3.87. The lowest BCUT2D eigenvalue weighted by Crippen LogP contribution is -2.19. The number of nitrogens with zero attached hydrogens (tertiary/aromatic N) is 4. The first-order valence-corrected chi connectivity index (χ1v) is 9.08. The number of aryl methyl sites for hydroxylation is 2. The van der Waals surface area contributed by atoms with Crippen molar-refractivity contribution in [3.8, 4) is 6.07 Å². The summed E-state index contributed by atoms with van der Waals surface area (Å²) in [5.41, 5.74) is 3.82. The molecule has 1 amide bonds. The number of azo groups is 1. The summed E-state index contributed by atoms with van der Waals surface area (Å²) in [6, 6.07) is 7.93. The van der Waals surface area contributed by atoms with Gasteiger partial charge in [0.2, 0.25) is 5.69 Å². The van der Waals surface area contributed by atoms with Crippen LogP contribution in [0.3, 0.4) is 0 Å². The third kappa shape index (κ3) is 5.13. The molecule has 0 saturated heterocycles. The molecule has 0 fully saturated rings. The zero-order chi connectivity index (χ0) is 19.8. The van der Waals surface area contributed by atoms with Gasteiger partial charge < -0.3 is 10.1 Å². The maximum Gasteiger partial charge on any atom is 0.406 e. The van der Waals surface area contributed by atoms with Crippen molar-refractivity contribution in [1.82, 2.24) is 5.32 Å². The zero-order valence-electron chi connectivity index (χ0n) is 15.4. The van der Waals surface area contributed by atoms with Gasteiger partial charge in [0.05, 0.1) is 23.7 Å². The summed E-state index contributed by atoms with van der Waals surface area (Å²) < 4.78 is 4.97. The SMILES string of the molecule is [C-]#[N+]c1c(N=Nc2ccc(CCCOC(=O)NC)cc2C)sc(C#N)c1C. The summed E-state index contributed by atoms with van der Waals surface area (Å²) in [5, 5.41) is 20.4. The van der Waals surface area contributed by atoms with E-state index in [1.165, 1.54) is 18.4 Å². The van der Waals surface area contributed by atoms with Crippen LogP contribution in [0.4, 0.5) is 21.2 Å². The van der Waals surface area contributed by atoms with E-state index in [0.717, 1.165) is 24.0 Å². The maximum atomic E-state index is 11.0. The Balaban J connectivity index is 2.06. The Labute approximate surface area is 162 Å². The number of hydrogen-bond donors (Lipinski definition) is 1. The Kier molecular flexibility index (Phi) is 7.04. The van der Waals surface area contributed by atoms with Gasteiger partial charge in [0, 0.05) is 7.05 Å². The monoisotopic (exact) mass is 381 g/mol. The molecule has 0 radical (unpaired) electrons. The second-order valence-corrected chi connectivity index (χ2v) is 6.74. The van der Waals surface area contributed by atoms with E-state index in [0.29, 0.717) is 33.4 Å². The van der Waals surface area contributed by atoms with E-state index in [4.69, 9.17) is 16.6 Å². The highest BCUT2D eigenvalue weighted by Gasteiger charge is 2.14. The molecule has 1 aromatic carbocycles. The van der Waals surface area contributed by atoms with Crippen LogP contribution in [0.2, 0.25) is 0 Å². The predicted molar refractivity (Wildman–Crippen MR) is 104 cm³/mol. The minimum absolute atomic E-state index is 0.360. The topological polar surface area (TPSA) is 91.2 Å². The fourth-order valence-corrected chi connectivity index (χ4v) is 3.26. The van der Waals surface area contributed by atoms with E-state index in [1.54, 1.807) is 6.92 Å². The average Bonchev–Trinajstić information content (AvgIpc) is 2.98. The second kappa shape index (κ2) is 9.46. The number of ether oxygens (including phenoxy) is 1. The number of carbonyl (C=O) groups is 1. The number of carbonyl (C=O) groups excluding carboxylic acids is 1. The van der Waals surface area contributed by atoms with Crippen molar-refractivity contribution in [2.75, 3.05) is 13.7 Å². The van der Waals surface area contributed by atoms with Crippen molar-refractivity contribution in [2.45, 2.75) is 26.7 Å². The van der Waals surface area contributed by atoms with Gasteiger partial charge in [-0.1, -0.05) is 12.1 Å². The number of hydrogen-bond acceptors (Lipinski definition) is 6. The molecule has 2 aromatic rings. The molecule has 0 bridgehead atoms. The lowest BCUT2D eigenvalue weighted by molar-refractivity contribution is 0.147. The Bertz CT molecular complexity index is 950. The van der Waals surface area contributed by atoms with Gasteiger partial charge in [0.1, 0.15) is 11.1 Å². The van der Waals surface area contributed by atoms with Gasteiger partial charge >= 0.3 is 6.09 Å². The van der Waals surface area contributed by atoms with Crippen LogP contribution >= 0.6 is 11.3 Å². The number of nitriles is 1. The standard InChI is InChI=1S/C19H19N5O2S/c1-12-10-14(6-5-9-26-19(25)22-4)7-8-15(12)23-24-18-17(21-3)13(2)16(11-20)27-18/h7-8,10H,5-6,9H2,1-2,4H3,(H,22,25). The van der Waals surface area contributed by atoms with E-state index < -0.39 is 6.09 Å². The molecule has 27 heavy (non-hydrogen) atoms. The Hall–Kier alpha value is -3.23. The van der Waals surface area contributed by atoms with Crippen LogP contribution in [-0.4, -0.2) is 19.7 Å². The average molecular weight is 381 g/mol. The minimum Gasteiger partial charge on any atom is -0.450 e. The highest BCUT2D eigenvalue weighted by atomic mass is 32.1. The number of nitrogens with one attached hydrogen (secondary N) is 1. The smallest absolute Gasteiger partial charge is 0.406 e. The Morgan fingerprint density at radius 3 is 2.81 bits per heavy atom. The molecule has 0 atom stereocenters. The van der Waals surface area contributed by atoms with Gasteiger partial charge in [-0.25, -0.2) is 9.64 Å². The van der Waals surface area contributed by atoms with Crippen molar-refractivity contribution in [3.63, 3.8) is 0 Å². The molecule has 0 aliphatic heterocycles. The quantitative estimate of drug-likeness (QED) is 0.407. The van der Waals surface area contributed by atoms with E-state index in [9.17, 15) is 4.79 Å². The third-order valence-corrected chi connectivity index (χ3v) is 4.94. The van der Waals surface area contributed by atoms with E-state index in [-0.39, 0.29) is 0 Å². The predicted octanol–water partition coefficient (Wildman–Crippen LogP) is 5.49. The molecular weight excluding hydrogens is 362 g/mol. The molecule has 0 aliphatic carbocycles. The van der Waals surface area contributed by atoms with Crippen LogP contribution in [0.15, 0.2) is 28.4 Å². The molecule has 8 heteroatoms. The molecule has 1 N–H and O–H groups in total. The molecule has 0 saturated carbocycles. The molecule has 7 nitrogen and oxygen atoms in total. The van der Waals surface area contributed by atoms with Gasteiger partial charge in [0.25, 0.3) is 0 Å². The van der Waals surface area contributed by atoms with Gasteiger partial charge in [-0.2, -0.15) is 15.5 Å². The summed E-state index contributed by atoms with van der Waals surface area (Å²) in [5.74, 6) is 0. The summed E-state index contributed by atoms with van der Waals surface area (Å²) >= 11 is 1.17. The number of thiophene rings is 1. The summed E-state index contributed by atoms with van der Waals surface area (Å²) in [7, 11) is 1.53. The Morgan fingerprint density at radius 2 is 2.19 bits per heavy atom. The normalized spacial score (nSPS) is 10.4. The van der Waals surface area contributed by atoms with Crippen LogP contribution in [-0.2, 0) is 11.2 Å². The number of amides is 1. The van der Waals surface area contributed by atoms with Crippen LogP contribution in [0.5, 0.6) is 0 Å². The van der Waals surface area contributed by atoms with Gasteiger partial charge in [-0.15, -0.1) is 11.3 Å². The minimum atomic E-state index is -0.427. The van der Waals surface area contributed by atoms with Gasteiger partial charge in [0.15, 0.2) is 0 Å². The van der Waals surface area contributed by atoms with Crippen LogP contribution in [0.25, 0.3) is 4.85 Å². The number of benzene rings is 1. The van der Waals surface area contributed by atoms with Crippen LogP contribution in [0.1, 0.15) is 28.0 Å². The largest absolute Gasteiger partial charge is 0.450 e. The van der Waals surface area contributed by atoms with E-state index >= 15 is 0 Å². The molecule has 1 aromatic heterocycles. The highest BCUT2D eigenvalue weighted by Crippen LogP contribution is 2.42. The van der Waals surface area contributed by atoms with Crippen molar-refractivity contribution < 1.29 is 9.53 Å². The number of alkyl carbamates (subject to hydrolysis) is 1. The van der Waals surface area contributed by atoms with Crippen LogP contribution in [0, 0.1) is 31.8 Å².